The normalized spacial score (nSPS) is 6.67. The lowest BCUT2D eigenvalue weighted by molar-refractivity contribution is 0.175. The lowest BCUT2D eigenvalue weighted by Gasteiger charge is -1.74. The zero-order valence-electron chi connectivity index (χ0n) is 2.72. The van der Waals surface area contributed by atoms with Crippen molar-refractivity contribution in [1.29, 1.82) is 0 Å². The first-order valence-corrected chi connectivity index (χ1v) is 1.52. The highest BCUT2D eigenvalue weighted by Gasteiger charge is 1.87. The predicted octanol–water partition coefficient (Wildman–Crippen LogP) is -0.0393. The minimum Gasteiger partial charge on any atom is -0.276 e. The van der Waals surface area contributed by atoms with Gasteiger partial charge in [0.15, 0.2) is 0 Å². The van der Waals surface area contributed by atoms with E-state index in [0.29, 0.717) is 0 Å². The Morgan fingerprint density at radius 3 is 2.33 bits per heavy atom. The summed E-state index contributed by atoms with van der Waals surface area (Å²) in [6, 6.07) is 0. The van der Waals surface area contributed by atoms with Gasteiger partial charge in [-0.25, -0.2) is 9.90 Å². The van der Waals surface area contributed by atoms with Crippen LogP contribution in [0.3, 0.4) is 0 Å². The maximum Gasteiger partial charge on any atom is 0.455 e. The average molecular weight is 103 g/mol. The maximum atomic E-state index is 9.25. The monoisotopic (exact) mass is 103 g/mol. The number of thiocarbonyl (C=S) groups is 1. The molecule has 3 nitrogen and oxygen atoms in total. The SMILES string of the molecule is [O]C(=O)N[C]=S. The highest BCUT2D eigenvalue weighted by Crippen LogP contribution is 1.52. The molecule has 1 amide bonds. The summed E-state index contributed by atoms with van der Waals surface area (Å²) in [7, 11) is 0. The van der Waals surface area contributed by atoms with Crippen molar-refractivity contribution in [3.8, 4) is 0 Å². The summed E-state index contributed by atoms with van der Waals surface area (Å²) in [6.45, 7) is 0. The highest BCUT2D eigenvalue weighted by molar-refractivity contribution is 7.78. The minimum atomic E-state index is -1.43. The van der Waals surface area contributed by atoms with Crippen LogP contribution in [-0.4, -0.2) is 11.6 Å². The molecule has 0 aliphatic rings. The molecule has 0 saturated heterocycles. The fourth-order valence-corrected chi connectivity index (χ4v) is 0.125. The molecule has 32 valence electrons. The number of carbonyl (C=O) groups is 1. The molecule has 0 heterocycles. The van der Waals surface area contributed by atoms with E-state index < -0.39 is 6.09 Å². The molecular weight excluding hydrogens is 102 g/mol. The molecule has 0 aliphatic carbocycles. The summed E-state index contributed by atoms with van der Waals surface area (Å²) in [5.41, 5.74) is 1.74. The fraction of sp³-hybridized carbons (Fsp3) is 0. The van der Waals surface area contributed by atoms with Gasteiger partial charge in [0, 0.05) is 0 Å². The molecule has 0 rings (SSSR count). The molecule has 6 heavy (non-hydrogen) atoms. The Morgan fingerprint density at radius 1 is 1.83 bits per heavy atom. The first kappa shape index (κ1) is 5.36. The number of amides is 1. The molecule has 0 aromatic heterocycles. The number of carbonyl (C=O) groups excluding carboxylic acids is 1. The van der Waals surface area contributed by atoms with E-state index in [1.54, 1.807) is 10.8 Å². The molecule has 0 saturated carbocycles. The first-order chi connectivity index (χ1) is 2.77. The zero-order valence-corrected chi connectivity index (χ0v) is 3.54. The molecule has 0 bridgehead atoms. The van der Waals surface area contributed by atoms with Crippen molar-refractivity contribution in [2.45, 2.75) is 0 Å². The highest BCUT2D eigenvalue weighted by atomic mass is 32.1. The second kappa shape index (κ2) is 2.59. The zero-order chi connectivity index (χ0) is 4.99. The maximum absolute atomic E-state index is 9.25. The van der Waals surface area contributed by atoms with Crippen LogP contribution in [0.2, 0.25) is 0 Å². The van der Waals surface area contributed by atoms with Crippen LogP contribution in [0.1, 0.15) is 0 Å². The summed E-state index contributed by atoms with van der Waals surface area (Å²) in [5, 5.41) is 10.8. The summed E-state index contributed by atoms with van der Waals surface area (Å²) < 4.78 is 0. The Bertz CT molecular complexity index is 71.9. The van der Waals surface area contributed by atoms with Crippen molar-refractivity contribution in [1.82, 2.24) is 5.32 Å². The van der Waals surface area contributed by atoms with E-state index in [-0.39, 0.29) is 0 Å². The lowest BCUT2D eigenvalue weighted by Crippen LogP contribution is -2.15. The molecule has 0 unspecified atom stereocenters. The van der Waals surface area contributed by atoms with Crippen molar-refractivity contribution >= 4 is 23.8 Å². The second-order valence-electron chi connectivity index (χ2n) is 0.515. The Hall–Kier alpha value is -0.640. The van der Waals surface area contributed by atoms with Crippen LogP contribution in [0.15, 0.2) is 0 Å². The van der Waals surface area contributed by atoms with Crippen molar-refractivity contribution in [2.24, 2.45) is 0 Å². The van der Waals surface area contributed by atoms with E-state index in [1.165, 1.54) is 0 Å². The van der Waals surface area contributed by atoms with E-state index in [1.807, 2.05) is 0 Å². The third kappa shape index (κ3) is 3.36. The smallest absolute Gasteiger partial charge is 0.276 e. The van der Waals surface area contributed by atoms with Gasteiger partial charge in [-0.1, -0.05) is 12.2 Å². The van der Waals surface area contributed by atoms with Crippen LogP contribution in [0.25, 0.3) is 0 Å². The van der Waals surface area contributed by atoms with E-state index in [9.17, 15) is 9.90 Å². The second-order valence-corrected chi connectivity index (χ2v) is 0.719. The van der Waals surface area contributed by atoms with Crippen LogP contribution >= 0.6 is 12.2 Å². The van der Waals surface area contributed by atoms with E-state index in [2.05, 4.69) is 12.2 Å². The van der Waals surface area contributed by atoms with Crippen LogP contribution in [0, 0.1) is 0 Å². The Balaban J connectivity index is 3.05. The first-order valence-electron chi connectivity index (χ1n) is 1.11. The molecule has 0 aliphatic heterocycles. The molecule has 0 aromatic rings. The summed E-state index contributed by atoms with van der Waals surface area (Å²) >= 11 is 3.95. The predicted molar refractivity (Wildman–Crippen MR) is 21.8 cm³/mol. The van der Waals surface area contributed by atoms with Gasteiger partial charge in [-0.05, 0) is 0 Å². The van der Waals surface area contributed by atoms with Gasteiger partial charge in [-0.15, -0.1) is 0 Å². The van der Waals surface area contributed by atoms with Crippen molar-refractivity contribution in [3.05, 3.63) is 0 Å². The largest absolute Gasteiger partial charge is 0.455 e. The molecule has 1 N–H and O–H groups in total. The van der Waals surface area contributed by atoms with Crippen LogP contribution in [0.5, 0.6) is 0 Å². The Morgan fingerprint density at radius 2 is 2.33 bits per heavy atom. The van der Waals surface area contributed by atoms with Crippen molar-refractivity contribution < 1.29 is 9.90 Å². The molecular formula is C2HNO2S. The standard InChI is InChI=1S/C2HNO2S/c4-2(5)3-1-6/h(H,3,6). The summed E-state index contributed by atoms with van der Waals surface area (Å²) in [5.74, 6) is 0. The molecule has 4 heteroatoms. The van der Waals surface area contributed by atoms with Crippen LogP contribution in [0.4, 0.5) is 4.79 Å². The van der Waals surface area contributed by atoms with Gasteiger partial charge in [-0.3, -0.25) is 5.32 Å². The van der Waals surface area contributed by atoms with Crippen molar-refractivity contribution in [3.63, 3.8) is 0 Å². The fourth-order valence-electron chi connectivity index (χ4n) is 0.0417. The van der Waals surface area contributed by atoms with Crippen LogP contribution in [-0.2, 0) is 5.11 Å². The Labute approximate surface area is 40.0 Å². The van der Waals surface area contributed by atoms with Gasteiger partial charge in [-0.2, -0.15) is 0 Å². The summed E-state index contributed by atoms with van der Waals surface area (Å²) in [4.78, 5) is 9.25. The minimum absolute atomic E-state index is 1.43. The third-order valence-corrected chi connectivity index (χ3v) is 0.255. The number of hydrogen-bond acceptors (Lipinski definition) is 2. The van der Waals surface area contributed by atoms with E-state index in [0.717, 1.165) is 0 Å². The van der Waals surface area contributed by atoms with E-state index >= 15 is 0 Å². The number of hydrogen-bond donors (Lipinski definition) is 1. The van der Waals surface area contributed by atoms with Gasteiger partial charge >= 0.3 is 6.09 Å². The quantitative estimate of drug-likeness (QED) is 0.374. The van der Waals surface area contributed by atoms with Gasteiger partial charge in [0.25, 0.3) is 0 Å². The van der Waals surface area contributed by atoms with Gasteiger partial charge in [0.2, 0.25) is 0 Å². The van der Waals surface area contributed by atoms with Gasteiger partial charge in [0.05, 0.1) is 0 Å². The molecule has 0 aromatic carbocycles. The molecule has 2 radical (unpaired) electrons. The number of nitrogens with one attached hydrogen (secondary N) is 1. The Kier molecular flexibility index (Phi) is 2.31. The molecule has 0 spiro atoms. The number of rotatable bonds is 1. The van der Waals surface area contributed by atoms with Crippen molar-refractivity contribution in [2.75, 3.05) is 0 Å². The lowest BCUT2D eigenvalue weighted by atomic mass is 11.1. The van der Waals surface area contributed by atoms with Crippen LogP contribution < -0.4 is 5.32 Å². The van der Waals surface area contributed by atoms with Gasteiger partial charge < -0.3 is 0 Å². The van der Waals surface area contributed by atoms with E-state index in [4.69, 9.17) is 0 Å². The molecule has 0 fully saturated rings. The topological polar surface area (TPSA) is 49.0 Å². The molecule has 0 atom stereocenters. The summed E-state index contributed by atoms with van der Waals surface area (Å²) in [6.07, 6.45) is -1.43. The third-order valence-electron chi connectivity index (χ3n) is 0.153. The van der Waals surface area contributed by atoms with Gasteiger partial charge in [0.1, 0.15) is 5.49 Å². The average Bonchev–Trinajstić information content (AvgIpc) is 1.35.